The Labute approximate surface area is 133 Å². The Balaban J connectivity index is 2.19. The molecule has 22 heavy (non-hydrogen) atoms. The molecule has 0 saturated carbocycles. The zero-order valence-corrected chi connectivity index (χ0v) is 14.0. The fourth-order valence-electron chi connectivity index (χ4n) is 2.03. The van der Waals surface area contributed by atoms with Gasteiger partial charge in [0.25, 0.3) is 5.91 Å². The van der Waals surface area contributed by atoms with Crippen molar-refractivity contribution >= 4 is 28.3 Å². The van der Waals surface area contributed by atoms with E-state index in [9.17, 15) is 9.59 Å². The number of carbonyl (C=O) groups is 2. The van der Waals surface area contributed by atoms with E-state index in [1.165, 1.54) is 7.11 Å². The second-order valence-electron chi connectivity index (χ2n) is 5.99. The van der Waals surface area contributed by atoms with Crippen molar-refractivity contribution in [3.63, 3.8) is 0 Å². The van der Waals surface area contributed by atoms with Gasteiger partial charge < -0.3 is 14.8 Å². The van der Waals surface area contributed by atoms with Gasteiger partial charge in [0, 0.05) is 18.5 Å². The summed E-state index contributed by atoms with van der Waals surface area (Å²) in [6.07, 6.45) is -0.544. The average molecular weight is 327 g/mol. The topological polar surface area (TPSA) is 89.5 Å². The summed E-state index contributed by atoms with van der Waals surface area (Å²) in [6, 6.07) is 0. The number of hydrogen-bond donors (Lipinski definition) is 2. The molecule has 1 unspecified atom stereocenters. The lowest BCUT2D eigenvalue weighted by atomic mass is 9.91. The third-order valence-corrected chi connectivity index (χ3v) is 4.11. The van der Waals surface area contributed by atoms with Gasteiger partial charge in [-0.25, -0.2) is 9.78 Å². The fourth-order valence-corrected chi connectivity index (χ4v) is 3.13. The number of amides is 1. The molecule has 0 aliphatic carbocycles. The van der Waals surface area contributed by atoms with Crippen LogP contribution in [0, 0.1) is 0 Å². The molecule has 1 aromatic rings. The number of methoxy groups -OCH3 is 1. The van der Waals surface area contributed by atoms with Gasteiger partial charge in [0.1, 0.15) is 11.0 Å². The van der Waals surface area contributed by atoms with Gasteiger partial charge in [0.2, 0.25) is 0 Å². The molecule has 0 spiro atoms. The van der Waals surface area contributed by atoms with Crippen molar-refractivity contribution in [3.8, 4) is 0 Å². The standard InChI is InChI=1S/C14H21N3O4S/c1-14(2,3)10-9(12(19)20-4)22-13(16-10)17-11(18)8-7-15-5-6-21-8/h8,15H,5-7H2,1-4H3,(H,16,17,18). The lowest BCUT2D eigenvalue weighted by Crippen LogP contribution is -2.45. The minimum absolute atomic E-state index is 0.266. The number of aromatic nitrogens is 1. The number of carbonyl (C=O) groups excluding carboxylic acids is 2. The van der Waals surface area contributed by atoms with Gasteiger partial charge in [-0.1, -0.05) is 32.1 Å². The maximum atomic E-state index is 12.2. The number of thiazole rings is 1. The van der Waals surface area contributed by atoms with Crippen LogP contribution in [0.2, 0.25) is 0 Å². The predicted octanol–water partition coefficient (Wildman–Crippen LogP) is 1.15. The van der Waals surface area contributed by atoms with Crippen LogP contribution in [0.5, 0.6) is 0 Å². The van der Waals surface area contributed by atoms with Crippen LogP contribution in [-0.2, 0) is 19.7 Å². The Morgan fingerprint density at radius 2 is 2.18 bits per heavy atom. The lowest BCUT2D eigenvalue weighted by molar-refractivity contribution is -0.128. The van der Waals surface area contributed by atoms with Crippen molar-refractivity contribution in [2.24, 2.45) is 0 Å². The van der Waals surface area contributed by atoms with E-state index < -0.39 is 12.1 Å². The molecule has 2 heterocycles. The van der Waals surface area contributed by atoms with Crippen molar-refractivity contribution in [1.29, 1.82) is 0 Å². The Morgan fingerprint density at radius 3 is 2.73 bits per heavy atom. The van der Waals surface area contributed by atoms with Crippen LogP contribution in [-0.4, -0.2) is 49.8 Å². The molecule has 1 aliphatic heterocycles. The summed E-state index contributed by atoms with van der Waals surface area (Å²) in [5.41, 5.74) is 0.286. The second-order valence-corrected chi connectivity index (χ2v) is 6.99. The van der Waals surface area contributed by atoms with Gasteiger partial charge in [-0.05, 0) is 0 Å². The monoisotopic (exact) mass is 327 g/mol. The van der Waals surface area contributed by atoms with Gasteiger partial charge in [-0.3, -0.25) is 10.1 Å². The Hall–Kier alpha value is -1.51. The second kappa shape index (κ2) is 6.72. The van der Waals surface area contributed by atoms with Crippen molar-refractivity contribution < 1.29 is 19.1 Å². The maximum absolute atomic E-state index is 12.2. The molecule has 1 saturated heterocycles. The summed E-state index contributed by atoms with van der Waals surface area (Å²) in [4.78, 5) is 28.8. The minimum atomic E-state index is -0.544. The molecule has 1 amide bonds. The maximum Gasteiger partial charge on any atom is 0.350 e. The molecule has 0 radical (unpaired) electrons. The van der Waals surface area contributed by atoms with Gasteiger partial charge in [0.05, 0.1) is 19.4 Å². The van der Waals surface area contributed by atoms with Crippen LogP contribution >= 0.6 is 11.3 Å². The van der Waals surface area contributed by atoms with Gasteiger partial charge in [-0.2, -0.15) is 0 Å². The summed E-state index contributed by atoms with van der Waals surface area (Å²) >= 11 is 1.12. The number of rotatable bonds is 3. The summed E-state index contributed by atoms with van der Waals surface area (Å²) in [5, 5.41) is 6.19. The van der Waals surface area contributed by atoms with Crippen molar-refractivity contribution in [3.05, 3.63) is 10.6 Å². The van der Waals surface area contributed by atoms with Crippen LogP contribution in [0.1, 0.15) is 36.1 Å². The number of hydrogen-bond acceptors (Lipinski definition) is 7. The van der Waals surface area contributed by atoms with Gasteiger partial charge in [0.15, 0.2) is 5.13 Å². The molecule has 2 N–H and O–H groups in total. The molecule has 1 aromatic heterocycles. The van der Waals surface area contributed by atoms with E-state index in [2.05, 4.69) is 15.6 Å². The van der Waals surface area contributed by atoms with Crippen LogP contribution in [0.25, 0.3) is 0 Å². The summed E-state index contributed by atoms with van der Waals surface area (Å²) in [6.45, 7) is 7.56. The molecular formula is C14H21N3O4S. The summed E-state index contributed by atoms with van der Waals surface area (Å²) in [7, 11) is 1.33. The Bertz CT molecular complexity index is 559. The third-order valence-electron chi connectivity index (χ3n) is 3.16. The molecule has 1 aliphatic rings. The van der Waals surface area contributed by atoms with Crippen molar-refractivity contribution in [2.45, 2.75) is 32.3 Å². The Morgan fingerprint density at radius 1 is 1.45 bits per heavy atom. The molecule has 7 nitrogen and oxygen atoms in total. The highest BCUT2D eigenvalue weighted by Crippen LogP contribution is 2.32. The van der Waals surface area contributed by atoms with Crippen molar-refractivity contribution in [1.82, 2.24) is 10.3 Å². The number of ether oxygens (including phenoxy) is 2. The first kappa shape index (κ1) is 16.9. The van der Waals surface area contributed by atoms with E-state index in [0.29, 0.717) is 28.9 Å². The van der Waals surface area contributed by atoms with E-state index >= 15 is 0 Å². The number of anilines is 1. The number of nitrogens with one attached hydrogen (secondary N) is 2. The highest BCUT2D eigenvalue weighted by molar-refractivity contribution is 7.17. The number of morpholine rings is 1. The molecule has 0 bridgehead atoms. The fraction of sp³-hybridized carbons (Fsp3) is 0.643. The zero-order valence-electron chi connectivity index (χ0n) is 13.2. The Kier molecular flexibility index (Phi) is 5.15. The number of esters is 1. The molecule has 1 fully saturated rings. The van der Waals surface area contributed by atoms with E-state index in [-0.39, 0.29) is 11.3 Å². The largest absolute Gasteiger partial charge is 0.465 e. The first-order chi connectivity index (χ1) is 10.3. The first-order valence-electron chi connectivity index (χ1n) is 7.05. The van der Waals surface area contributed by atoms with E-state index in [1.54, 1.807) is 0 Å². The number of nitrogens with zero attached hydrogens (tertiary/aromatic N) is 1. The molecule has 0 aromatic carbocycles. The van der Waals surface area contributed by atoms with E-state index in [4.69, 9.17) is 9.47 Å². The summed E-state index contributed by atoms with van der Waals surface area (Å²) in [5.74, 6) is -0.712. The first-order valence-corrected chi connectivity index (χ1v) is 7.87. The highest BCUT2D eigenvalue weighted by Gasteiger charge is 2.29. The highest BCUT2D eigenvalue weighted by atomic mass is 32.1. The van der Waals surface area contributed by atoms with Gasteiger partial charge in [-0.15, -0.1) is 0 Å². The average Bonchev–Trinajstić information content (AvgIpc) is 2.91. The molecule has 1 atom stereocenters. The lowest BCUT2D eigenvalue weighted by Gasteiger charge is -2.22. The summed E-state index contributed by atoms with van der Waals surface area (Å²) < 4.78 is 10.2. The quantitative estimate of drug-likeness (QED) is 0.810. The van der Waals surface area contributed by atoms with Gasteiger partial charge >= 0.3 is 5.97 Å². The van der Waals surface area contributed by atoms with Crippen LogP contribution in [0.3, 0.4) is 0 Å². The zero-order chi connectivity index (χ0) is 16.3. The normalized spacial score (nSPS) is 18.8. The van der Waals surface area contributed by atoms with E-state index in [0.717, 1.165) is 17.9 Å². The molecule has 122 valence electrons. The predicted molar refractivity (Wildman–Crippen MR) is 83.4 cm³/mol. The molecule has 8 heteroatoms. The molecular weight excluding hydrogens is 306 g/mol. The van der Waals surface area contributed by atoms with Crippen LogP contribution < -0.4 is 10.6 Å². The minimum Gasteiger partial charge on any atom is -0.465 e. The van der Waals surface area contributed by atoms with E-state index in [1.807, 2.05) is 20.8 Å². The SMILES string of the molecule is COC(=O)c1sc(NC(=O)C2CNCCO2)nc1C(C)(C)C. The smallest absolute Gasteiger partial charge is 0.350 e. The van der Waals surface area contributed by atoms with Crippen LogP contribution in [0.4, 0.5) is 5.13 Å². The molecule has 2 rings (SSSR count). The third kappa shape index (κ3) is 3.82. The van der Waals surface area contributed by atoms with Crippen molar-refractivity contribution in [2.75, 3.05) is 32.1 Å². The van der Waals surface area contributed by atoms with Crippen LogP contribution in [0.15, 0.2) is 0 Å².